The minimum absolute atomic E-state index is 0.0333. The van der Waals surface area contributed by atoms with Crippen LogP contribution in [-0.2, 0) is 11.3 Å². The molecule has 0 fully saturated rings. The standard InChI is InChI=1S/C18H18N8O/c1-19-16(27)6-8-21-15-10-22-17-18(23-15)26(25-24-17)11-12-4-5-14-13(9-12)3-2-7-20-14/h2-5,7,9-10H,6,8,11H2,1H3,(H,19,27)(H,21,23). The summed E-state index contributed by atoms with van der Waals surface area (Å²) < 4.78 is 1.71. The molecule has 0 atom stereocenters. The second-order valence-corrected chi connectivity index (χ2v) is 6.03. The number of hydrogen-bond donors (Lipinski definition) is 2. The molecule has 0 aliphatic rings. The number of nitrogens with one attached hydrogen (secondary N) is 2. The molecule has 0 saturated heterocycles. The van der Waals surface area contributed by atoms with Crippen molar-refractivity contribution in [2.45, 2.75) is 13.0 Å². The molecule has 0 bridgehead atoms. The summed E-state index contributed by atoms with van der Waals surface area (Å²) in [6.07, 6.45) is 3.73. The average molecular weight is 362 g/mol. The van der Waals surface area contributed by atoms with Crippen molar-refractivity contribution < 1.29 is 4.79 Å². The molecule has 136 valence electrons. The minimum Gasteiger partial charge on any atom is -0.368 e. The molecule has 3 aromatic heterocycles. The Morgan fingerprint density at radius 2 is 2.15 bits per heavy atom. The van der Waals surface area contributed by atoms with Gasteiger partial charge in [-0.05, 0) is 23.8 Å². The largest absolute Gasteiger partial charge is 0.368 e. The van der Waals surface area contributed by atoms with Crippen LogP contribution in [0.25, 0.3) is 22.2 Å². The van der Waals surface area contributed by atoms with E-state index in [4.69, 9.17) is 0 Å². The van der Waals surface area contributed by atoms with E-state index in [0.29, 0.717) is 36.6 Å². The Morgan fingerprint density at radius 3 is 3.04 bits per heavy atom. The van der Waals surface area contributed by atoms with Crippen molar-refractivity contribution in [1.82, 2.24) is 35.3 Å². The molecule has 0 saturated carbocycles. The molecule has 0 aliphatic carbocycles. The Balaban J connectivity index is 1.55. The number of anilines is 1. The molecular weight excluding hydrogens is 344 g/mol. The zero-order chi connectivity index (χ0) is 18.6. The third-order valence-electron chi connectivity index (χ3n) is 4.16. The second-order valence-electron chi connectivity index (χ2n) is 6.03. The molecule has 1 aromatic carbocycles. The maximum Gasteiger partial charge on any atom is 0.221 e. The summed E-state index contributed by atoms with van der Waals surface area (Å²) in [5.74, 6) is 0.548. The number of rotatable bonds is 6. The highest BCUT2D eigenvalue weighted by atomic mass is 16.1. The van der Waals surface area contributed by atoms with E-state index in [0.717, 1.165) is 16.5 Å². The van der Waals surface area contributed by atoms with Crippen LogP contribution in [0, 0.1) is 0 Å². The summed E-state index contributed by atoms with van der Waals surface area (Å²) in [5, 5.41) is 15.0. The van der Waals surface area contributed by atoms with Gasteiger partial charge in [0.2, 0.25) is 11.6 Å². The highest BCUT2D eigenvalue weighted by Crippen LogP contribution is 2.16. The van der Waals surface area contributed by atoms with Crippen LogP contribution in [0.3, 0.4) is 0 Å². The third kappa shape index (κ3) is 3.66. The Labute approximate surface area is 154 Å². The average Bonchev–Trinajstić information content (AvgIpc) is 3.10. The van der Waals surface area contributed by atoms with Gasteiger partial charge < -0.3 is 10.6 Å². The van der Waals surface area contributed by atoms with Crippen molar-refractivity contribution in [1.29, 1.82) is 0 Å². The SMILES string of the molecule is CNC(=O)CCNc1cnc2nnn(Cc3ccc4ncccc4c3)c2n1. The predicted molar refractivity (Wildman–Crippen MR) is 101 cm³/mol. The zero-order valence-electron chi connectivity index (χ0n) is 14.8. The second kappa shape index (κ2) is 7.32. The number of nitrogens with zero attached hydrogens (tertiary/aromatic N) is 6. The van der Waals surface area contributed by atoms with Gasteiger partial charge in [-0.1, -0.05) is 17.3 Å². The van der Waals surface area contributed by atoms with Crippen molar-refractivity contribution in [3.05, 3.63) is 48.3 Å². The van der Waals surface area contributed by atoms with Gasteiger partial charge in [-0.15, -0.1) is 5.10 Å². The van der Waals surface area contributed by atoms with Crippen molar-refractivity contribution >= 4 is 33.9 Å². The summed E-state index contributed by atoms with van der Waals surface area (Å²) in [7, 11) is 1.61. The first-order valence-corrected chi connectivity index (χ1v) is 8.57. The minimum atomic E-state index is -0.0333. The molecule has 0 radical (unpaired) electrons. The normalized spacial score (nSPS) is 11.0. The van der Waals surface area contributed by atoms with Crippen molar-refractivity contribution in [2.24, 2.45) is 0 Å². The summed E-state index contributed by atoms with van der Waals surface area (Å²) in [6.45, 7) is 0.997. The van der Waals surface area contributed by atoms with Crippen molar-refractivity contribution in [3.63, 3.8) is 0 Å². The number of amides is 1. The van der Waals surface area contributed by atoms with Gasteiger partial charge in [-0.2, -0.15) is 0 Å². The molecule has 0 unspecified atom stereocenters. The van der Waals surface area contributed by atoms with Crippen LogP contribution in [0.15, 0.2) is 42.7 Å². The monoisotopic (exact) mass is 362 g/mol. The van der Waals surface area contributed by atoms with E-state index in [1.54, 1.807) is 24.1 Å². The quantitative estimate of drug-likeness (QED) is 0.533. The highest BCUT2D eigenvalue weighted by molar-refractivity contribution is 5.79. The van der Waals surface area contributed by atoms with Gasteiger partial charge >= 0.3 is 0 Å². The maximum absolute atomic E-state index is 11.3. The van der Waals surface area contributed by atoms with Crippen LogP contribution in [0.5, 0.6) is 0 Å². The fourth-order valence-electron chi connectivity index (χ4n) is 2.77. The van der Waals surface area contributed by atoms with E-state index < -0.39 is 0 Å². The number of aromatic nitrogens is 6. The fraction of sp³-hybridized carbons (Fsp3) is 0.222. The predicted octanol–water partition coefficient (Wildman–Crippen LogP) is 1.37. The lowest BCUT2D eigenvalue weighted by molar-refractivity contribution is -0.120. The van der Waals surface area contributed by atoms with Gasteiger partial charge in [0.25, 0.3) is 0 Å². The summed E-state index contributed by atoms with van der Waals surface area (Å²) >= 11 is 0. The molecule has 2 N–H and O–H groups in total. The van der Waals surface area contributed by atoms with E-state index >= 15 is 0 Å². The zero-order valence-corrected chi connectivity index (χ0v) is 14.8. The van der Waals surface area contributed by atoms with Crippen molar-refractivity contribution in [2.75, 3.05) is 18.9 Å². The Morgan fingerprint density at radius 1 is 1.22 bits per heavy atom. The molecule has 27 heavy (non-hydrogen) atoms. The number of pyridine rings is 1. The van der Waals surface area contributed by atoms with Gasteiger partial charge in [0.15, 0.2) is 5.65 Å². The van der Waals surface area contributed by atoms with Crippen molar-refractivity contribution in [3.8, 4) is 0 Å². The Kier molecular flexibility index (Phi) is 4.56. The molecule has 9 heteroatoms. The van der Waals surface area contributed by atoms with Gasteiger partial charge in [0.05, 0.1) is 18.3 Å². The van der Waals surface area contributed by atoms with Crippen LogP contribution >= 0.6 is 0 Å². The van der Waals surface area contributed by atoms with E-state index in [1.165, 1.54) is 0 Å². The number of fused-ring (bicyclic) bond motifs is 2. The number of carbonyl (C=O) groups excluding carboxylic acids is 1. The molecule has 1 amide bonds. The Bertz CT molecular complexity index is 1110. The van der Waals surface area contributed by atoms with Gasteiger partial charge in [0.1, 0.15) is 5.82 Å². The third-order valence-corrected chi connectivity index (χ3v) is 4.16. The Hall–Kier alpha value is -3.62. The smallest absolute Gasteiger partial charge is 0.221 e. The van der Waals surface area contributed by atoms with E-state index in [-0.39, 0.29) is 5.91 Å². The van der Waals surface area contributed by atoms with Gasteiger partial charge in [-0.25, -0.2) is 14.6 Å². The fourth-order valence-corrected chi connectivity index (χ4v) is 2.77. The van der Waals surface area contributed by atoms with Crippen LogP contribution in [0.2, 0.25) is 0 Å². The first-order chi connectivity index (χ1) is 13.2. The molecule has 4 rings (SSSR count). The molecular formula is C18H18N8O. The van der Waals surface area contributed by atoms with E-state index in [9.17, 15) is 4.79 Å². The first-order valence-electron chi connectivity index (χ1n) is 8.57. The molecule has 9 nitrogen and oxygen atoms in total. The molecule has 0 aliphatic heterocycles. The number of hydrogen-bond acceptors (Lipinski definition) is 7. The molecule has 0 spiro atoms. The van der Waals surface area contributed by atoms with E-state index in [1.807, 2.05) is 24.3 Å². The number of carbonyl (C=O) groups is 1. The van der Waals surface area contributed by atoms with Gasteiger partial charge in [-0.3, -0.25) is 9.78 Å². The van der Waals surface area contributed by atoms with Crippen LogP contribution in [0.1, 0.15) is 12.0 Å². The highest BCUT2D eigenvalue weighted by Gasteiger charge is 2.10. The van der Waals surface area contributed by atoms with Crippen LogP contribution < -0.4 is 10.6 Å². The lowest BCUT2D eigenvalue weighted by Crippen LogP contribution is -2.21. The molecule has 3 heterocycles. The summed E-state index contributed by atoms with van der Waals surface area (Å²) in [5.41, 5.74) is 3.09. The number of benzene rings is 1. The summed E-state index contributed by atoms with van der Waals surface area (Å²) in [6, 6.07) is 10.0. The van der Waals surface area contributed by atoms with Crippen LogP contribution in [-0.4, -0.2) is 49.4 Å². The topological polar surface area (TPSA) is 111 Å². The lowest BCUT2D eigenvalue weighted by atomic mass is 10.1. The summed E-state index contributed by atoms with van der Waals surface area (Å²) in [4.78, 5) is 24.5. The molecule has 4 aromatic rings. The van der Waals surface area contributed by atoms with Gasteiger partial charge in [0, 0.05) is 31.6 Å². The van der Waals surface area contributed by atoms with Crippen LogP contribution in [0.4, 0.5) is 5.82 Å². The lowest BCUT2D eigenvalue weighted by Gasteiger charge is -2.06. The maximum atomic E-state index is 11.3. The van der Waals surface area contributed by atoms with E-state index in [2.05, 4.69) is 42.0 Å². The first kappa shape index (κ1) is 16.8.